The summed E-state index contributed by atoms with van der Waals surface area (Å²) in [6.45, 7) is 3.91. The average Bonchev–Trinajstić information content (AvgIpc) is 2.64. The van der Waals surface area contributed by atoms with E-state index in [0.717, 1.165) is 16.9 Å². The second-order valence-corrected chi connectivity index (χ2v) is 5.94. The summed E-state index contributed by atoms with van der Waals surface area (Å²) in [7, 11) is 3.41. The maximum absolute atomic E-state index is 12.8. The minimum absolute atomic E-state index is 0.0653. The Morgan fingerprint density at radius 3 is 2.36 bits per heavy atom. The molecule has 0 bridgehead atoms. The number of carbonyl (C=O) groups excluding carboxylic acids is 2. The number of para-hydroxylation sites is 1. The van der Waals surface area contributed by atoms with Crippen molar-refractivity contribution in [2.75, 3.05) is 14.2 Å². The number of carbonyl (C=O) groups is 2. The van der Waals surface area contributed by atoms with E-state index in [1.54, 1.807) is 31.2 Å². The topological polar surface area (TPSA) is 58.6 Å². The van der Waals surface area contributed by atoms with Gasteiger partial charge in [0.15, 0.2) is 0 Å². The van der Waals surface area contributed by atoms with Crippen LogP contribution in [0.5, 0.6) is 5.75 Å². The summed E-state index contributed by atoms with van der Waals surface area (Å²) in [5.41, 5.74) is 2.52. The maximum Gasteiger partial charge on any atom is 0.254 e. The lowest BCUT2D eigenvalue weighted by Crippen LogP contribution is -2.30. The van der Waals surface area contributed by atoms with Crippen LogP contribution in [-0.4, -0.2) is 30.9 Å². The molecule has 2 aromatic rings. The molecule has 0 aromatic heterocycles. The number of nitrogens with one attached hydrogen (secondary N) is 1. The molecule has 0 aliphatic rings. The number of hydrogen-bond donors (Lipinski definition) is 1. The fourth-order valence-corrected chi connectivity index (χ4v) is 2.59. The summed E-state index contributed by atoms with van der Waals surface area (Å²) in [5, 5.41) is 2.74. The van der Waals surface area contributed by atoms with Crippen LogP contribution >= 0.6 is 0 Å². The number of amides is 2. The third kappa shape index (κ3) is 4.59. The van der Waals surface area contributed by atoms with E-state index in [1.807, 2.05) is 43.3 Å². The van der Waals surface area contributed by atoms with Gasteiger partial charge in [-0.1, -0.05) is 30.3 Å². The average molecular weight is 340 g/mol. The summed E-state index contributed by atoms with van der Waals surface area (Å²) >= 11 is 0. The number of rotatable bonds is 6. The van der Waals surface area contributed by atoms with Crippen molar-refractivity contribution in [2.24, 2.45) is 0 Å². The first-order chi connectivity index (χ1) is 11.9. The van der Waals surface area contributed by atoms with Crippen LogP contribution in [-0.2, 0) is 11.3 Å². The van der Waals surface area contributed by atoms with Gasteiger partial charge in [0.2, 0.25) is 5.91 Å². The Bertz CT molecular complexity index is 741. The molecule has 5 heteroatoms. The molecule has 0 fully saturated rings. The van der Waals surface area contributed by atoms with Crippen molar-refractivity contribution in [3.8, 4) is 5.75 Å². The molecule has 0 aliphatic carbocycles. The molecule has 2 amide bonds. The van der Waals surface area contributed by atoms with Gasteiger partial charge in [0.05, 0.1) is 13.2 Å². The summed E-state index contributed by atoms with van der Waals surface area (Å²) in [5.74, 6) is 0.621. The Morgan fingerprint density at radius 1 is 1.12 bits per heavy atom. The molecule has 1 atom stereocenters. The first kappa shape index (κ1) is 18.5. The van der Waals surface area contributed by atoms with Gasteiger partial charge in [-0.05, 0) is 30.7 Å². The summed E-state index contributed by atoms with van der Waals surface area (Å²) in [6, 6.07) is 14.8. The molecule has 1 unspecified atom stereocenters. The van der Waals surface area contributed by atoms with Gasteiger partial charge in [0, 0.05) is 31.6 Å². The molecule has 0 heterocycles. The van der Waals surface area contributed by atoms with E-state index in [4.69, 9.17) is 4.74 Å². The van der Waals surface area contributed by atoms with Crippen LogP contribution in [0.25, 0.3) is 0 Å². The normalized spacial score (nSPS) is 11.5. The number of benzene rings is 2. The molecule has 0 radical (unpaired) electrons. The molecule has 0 saturated heterocycles. The van der Waals surface area contributed by atoms with E-state index in [-0.39, 0.29) is 17.9 Å². The quantitative estimate of drug-likeness (QED) is 0.879. The van der Waals surface area contributed by atoms with Gasteiger partial charge in [0.1, 0.15) is 5.75 Å². The van der Waals surface area contributed by atoms with Crippen LogP contribution in [0, 0.1) is 0 Å². The van der Waals surface area contributed by atoms with Gasteiger partial charge < -0.3 is 15.0 Å². The minimum atomic E-state index is -0.122. The predicted octanol–water partition coefficient (Wildman–Crippen LogP) is 3.16. The molecule has 132 valence electrons. The van der Waals surface area contributed by atoms with Crippen LogP contribution in [0.3, 0.4) is 0 Å². The van der Waals surface area contributed by atoms with Gasteiger partial charge in [-0.2, -0.15) is 0 Å². The Morgan fingerprint density at radius 2 is 1.76 bits per heavy atom. The second kappa shape index (κ2) is 8.33. The van der Waals surface area contributed by atoms with E-state index >= 15 is 0 Å². The maximum atomic E-state index is 12.8. The zero-order chi connectivity index (χ0) is 18.4. The first-order valence-corrected chi connectivity index (χ1v) is 8.17. The Balaban J connectivity index is 2.12. The summed E-state index contributed by atoms with van der Waals surface area (Å²) < 4.78 is 5.39. The lowest BCUT2D eigenvalue weighted by atomic mass is 10.0. The van der Waals surface area contributed by atoms with E-state index in [2.05, 4.69) is 5.32 Å². The van der Waals surface area contributed by atoms with Crippen LogP contribution in [0.4, 0.5) is 0 Å². The number of hydrogen-bond acceptors (Lipinski definition) is 3. The van der Waals surface area contributed by atoms with E-state index in [0.29, 0.717) is 12.1 Å². The fraction of sp³-hybridized carbons (Fsp3) is 0.300. The smallest absolute Gasteiger partial charge is 0.254 e. The van der Waals surface area contributed by atoms with Crippen LogP contribution in [0.15, 0.2) is 48.5 Å². The number of nitrogens with zero attached hydrogens (tertiary/aromatic N) is 1. The third-order valence-corrected chi connectivity index (χ3v) is 4.23. The molecule has 1 N–H and O–H groups in total. The SMILES string of the molecule is COc1ccccc1C(C)N(C)C(=O)c1ccc(CNC(C)=O)cc1. The van der Waals surface area contributed by atoms with Gasteiger partial charge in [-0.15, -0.1) is 0 Å². The Labute approximate surface area is 148 Å². The molecule has 0 aliphatic heterocycles. The number of ether oxygens (including phenoxy) is 1. The second-order valence-electron chi connectivity index (χ2n) is 5.94. The van der Waals surface area contributed by atoms with Gasteiger partial charge in [-0.3, -0.25) is 9.59 Å². The lowest BCUT2D eigenvalue weighted by molar-refractivity contribution is -0.119. The molecule has 0 spiro atoms. The van der Waals surface area contributed by atoms with E-state index in [9.17, 15) is 9.59 Å². The van der Waals surface area contributed by atoms with E-state index < -0.39 is 0 Å². The van der Waals surface area contributed by atoms with Crippen molar-refractivity contribution in [1.82, 2.24) is 10.2 Å². The summed E-state index contributed by atoms with van der Waals surface area (Å²) in [6.07, 6.45) is 0. The highest BCUT2D eigenvalue weighted by atomic mass is 16.5. The molecular formula is C20H24N2O3. The van der Waals surface area contributed by atoms with Gasteiger partial charge in [-0.25, -0.2) is 0 Å². The first-order valence-electron chi connectivity index (χ1n) is 8.17. The minimum Gasteiger partial charge on any atom is -0.496 e. The van der Waals surface area contributed by atoms with Crippen LogP contribution in [0.1, 0.15) is 41.4 Å². The lowest BCUT2D eigenvalue weighted by Gasteiger charge is -2.26. The zero-order valence-corrected chi connectivity index (χ0v) is 15.1. The molecular weight excluding hydrogens is 316 g/mol. The van der Waals surface area contributed by atoms with Crippen molar-refractivity contribution in [3.05, 3.63) is 65.2 Å². The Hall–Kier alpha value is -2.82. The van der Waals surface area contributed by atoms with Crippen molar-refractivity contribution in [3.63, 3.8) is 0 Å². The van der Waals surface area contributed by atoms with Gasteiger partial charge in [0.25, 0.3) is 5.91 Å². The van der Waals surface area contributed by atoms with Crippen molar-refractivity contribution in [1.29, 1.82) is 0 Å². The fourth-order valence-electron chi connectivity index (χ4n) is 2.59. The highest BCUT2D eigenvalue weighted by molar-refractivity contribution is 5.94. The third-order valence-electron chi connectivity index (χ3n) is 4.23. The largest absolute Gasteiger partial charge is 0.496 e. The highest BCUT2D eigenvalue weighted by Crippen LogP contribution is 2.28. The molecule has 2 rings (SSSR count). The summed E-state index contributed by atoms with van der Waals surface area (Å²) in [4.78, 5) is 25.4. The van der Waals surface area contributed by atoms with Gasteiger partial charge >= 0.3 is 0 Å². The molecule has 0 saturated carbocycles. The van der Waals surface area contributed by atoms with Crippen molar-refractivity contribution >= 4 is 11.8 Å². The van der Waals surface area contributed by atoms with Crippen LogP contribution in [0.2, 0.25) is 0 Å². The number of methoxy groups -OCH3 is 1. The highest BCUT2D eigenvalue weighted by Gasteiger charge is 2.21. The standard InChI is InChI=1S/C20H24N2O3/c1-14(18-7-5-6-8-19(18)25-4)22(3)20(24)17-11-9-16(10-12-17)13-21-15(2)23/h5-12,14H,13H2,1-4H3,(H,21,23). The molecule has 25 heavy (non-hydrogen) atoms. The Kier molecular flexibility index (Phi) is 6.17. The monoisotopic (exact) mass is 340 g/mol. The predicted molar refractivity (Wildman–Crippen MR) is 97.5 cm³/mol. The van der Waals surface area contributed by atoms with E-state index in [1.165, 1.54) is 6.92 Å². The van der Waals surface area contributed by atoms with Crippen LogP contribution < -0.4 is 10.1 Å². The molecule has 5 nitrogen and oxygen atoms in total. The van der Waals surface area contributed by atoms with Crippen molar-refractivity contribution in [2.45, 2.75) is 26.4 Å². The zero-order valence-electron chi connectivity index (χ0n) is 15.1. The molecule has 2 aromatic carbocycles. The van der Waals surface area contributed by atoms with Crippen molar-refractivity contribution < 1.29 is 14.3 Å².